The molecule has 3 aliphatic rings. The number of nitrogens with zero attached hydrogens (tertiary/aromatic N) is 7. The lowest BCUT2D eigenvalue weighted by Crippen LogP contribution is -2.58. The summed E-state index contributed by atoms with van der Waals surface area (Å²) >= 11 is 1.50. The maximum atomic E-state index is 12.6. The number of carbonyl (C=O) groups is 1. The topological polar surface area (TPSA) is 138 Å². The van der Waals surface area contributed by atoms with Crippen LogP contribution in [0, 0.1) is 11.3 Å². The van der Waals surface area contributed by atoms with E-state index < -0.39 is 5.41 Å². The van der Waals surface area contributed by atoms with Crippen molar-refractivity contribution in [2.24, 2.45) is 0 Å². The number of hydrogen-bond donors (Lipinski definition) is 1. The van der Waals surface area contributed by atoms with Gasteiger partial charge >= 0.3 is 0 Å². The first-order valence-corrected chi connectivity index (χ1v) is 16.6. The van der Waals surface area contributed by atoms with E-state index in [1.807, 2.05) is 30.9 Å². The molecule has 45 heavy (non-hydrogen) atoms. The second kappa shape index (κ2) is 12.1. The van der Waals surface area contributed by atoms with Crippen LogP contribution in [0.5, 0.6) is 5.88 Å². The van der Waals surface area contributed by atoms with Gasteiger partial charge in [-0.2, -0.15) is 10.2 Å². The van der Waals surface area contributed by atoms with E-state index in [0.29, 0.717) is 53.0 Å². The third-order valence-electron chi connectivity index (χ3n) is 9.83. The summed E-state index contributed by atoms with van der Waals surface area (Å²) < 4.78 is 12.5. The molecule has 5 heterocycles. The number of hydrogen-bond acceptors (Lipinski definition) is 11. The van der Waals surface area contributed by atoms with E-state index in [9.17, 15) is 10.1 Å². The number of nitriles is 1. The van der Waals surface area contributed by atoms with Crippen molar-refractivity contribution in [1.82, 2.24) is 24.9 Å². The first-order valence-electron chi connectivity index (χ1n) is 15.8. The molecular formula is C33H42N8O3S. The van der Waals surface area contributed by atoms with Gasteiger partial charge in [-0.1, -0.05) is 11.7 Å². The molecule has 2 fully saturated rings. The number of ether oxygens (including phenoxy) is 1. The summed E-state index contributed by atoms with van der Waals surface area (Å²) in [5.41, 5.74) is 7.97. The maximum absolute atomic E-state index is 12.6. The van der Waals surface area contributed by atoms with Crippen LogP contribution in [-0.4, -0.2) is 81.7 Å². The van der Waals surface area contributed by atoms with E-state index in [4.69, 9.17) is 25.0 Å². The average Bonchev–Trinajstić information content (AvgIpc) is 3.75. The lowest BCUT2D eigenvalue weighted by molar-refractivity contribution is -0.130. The minimum atomic E-state index is -0.522. The first kappa shape index (κ1) is 31.0. The highest BCUT2D eigenvalue weighted by Crippen LogP contribution is 2.49. The van der Waals surface area contributed by atoms with E-state index in [1.54, 1.807) is 0 Å². The normalized spacial score (nSPS) is 25.9. The minimum Gasteiger partial charge on any atom is -0.473 e. The molecule has 0 bridgehead atoms. The Morgan fingerprint density at radius 2 is 2.04 bits per heavy atom. The van der Waals surface area contributed by atoms with Gasteiger partial charge in [0.15, 0.2) is 0 Å². The molecule has 2 saturated heterocycles. The van der Waals surface area contributed by atoms with Crippen molar-refractivity contribution in [3.05, 3.63) is 46.5 Å². The molecule has 1 amide bonds. The Balaban J connectivity index is 1.37. The molecule has 2 N–H and O–H groups in total. The fraction of sp³-hybridized carbons (Fsp3) is 0.545. The van der Waals surface area contributed by atoms with Gasteiger partial charge in [0.25, 0.3) is 0 Å². The Labute approximate surface area is 268 Å². The molecule has 5 atom stereocenters. The number of nitrogens with two attached hydrogens (primary N) is 1. The summed E-state index contributed by atoms with van der Waals surface area (Å²) in [5, 5.41) is 15.0. The fourth-order valence-corrected chi connectivity index (χ4v) is 8.78. The van der Waals surface area contributed by atoms with Crippen molar-refractivity contribution in [1.29, 1.82) is 5.26 Å². The minimum absolute atomic E-state index is 0.0437. The summed E-state index contributed by atoms with van der Waals surface area (Å²) in [6.07, 6.45) is 6.19. The maximum Gasteiger partial charge on any atom is 0.246 e. The summed E-state index contributed by atoms with van der Waals surface area (Å²) in [4.78, 5) is 29.9. The zero-order chi connectivity index (χ0) is 32.0. The highest BCUT2D eigenvalue weighted by atomic mass is 32.1. The third-order valence-corrected chi connectivity index (χ3v) is 10.9. The van der Waals surface area contributed by atoms with Crippen LogP contribution < -0.4 is 15.4 Å². The largest absolute Gasteiger partial charge is 0.473 e. The number of amides is 1. The second-order valence-electron chi connectivity index (χ2n) is 13.0. The fourth-order valence-electron chi connectivity index (χ4n) is 7.59. The van der Waals surface area contributed by atoms with Crippen LogP contribution >= 0.6 is 11.3 Å². The number of aryl methyl sites for hydroxylation is 1. The highest BCUT2D eigenvalue weighted by molar-refractivity contribution is 7.16. The zero-order valence-corrected chi connectivity index (χ0v) is 27.6. The summed E-state index contributed by atoms with van der Waals surface area (Å²) in [6.45, 7) is 14.2. The van der Waals surface area contributed by atoms with Crippen molar-refractivity contribution in [2.75, 3.05) is 37.3 Å². The van der Waals surface area contributed by atoms with Crippen molar-refractivity contribution in [3.8, 4) is 23.5 Å². The predicted molar refractivity (Wildman–Crippen MR) is 174 cm³/mol. The van der Waals surface area contributed by atoms with Crippen LogP contribution in [0.1, 0.15) is 75.1 Å². The number of piperazine rings is 1. The number of thiophene rings is 1. The van der Waals surface area contributed by atoms with E-state index in [0.717, 1.165) is 54.8 Å². The molecule has 6 rings (SSSR count). The second-order valence-corrected chi connectivity index (χ2v) is 14.1. The molecule has 3 aromatic rings. The molecule has 3 aromatic heterocycles. The van der Waals surface area contributed by atoms with E-state index >= 15 is 0 Å². The van der Waals surface area contributed by atoms with Crippen molar-refractivity contribution in [3.63, 3.8) is 0 Å². The molecule has 11 nitrogen and oxygen atoms in total. The summed E-state index contributed by atoms with van der Waals surface area (Å²) in [6, 6.07) is 6.32. The standard InChI is InChI=1S/C33H42N8O3S/c1-7-29(42)41-19(2)17-40(18-20(41)3)27-15-28(43-21(4)23-10-9-13-39(23)6)37-32(36-27)24-14-26(38-44-24)33(5)12-8-11-25-30(33)22(16-34)31(35)45-25/h7,14-15,19-21,23H,1,8-13,17-18,35H2,2-6H3/t19-,20+,21-,23-,33+/m0/s1. The number of likely N-dealkylation sites (tertiary alicyclic amines) is 1. The molecular weight excluding hydrogens is 588 g/mol. The Morgan fingerprint density at radius 3 is 2.71 bits per heavy atom. The van der Waals surface area contributed by atoms with E-state index in [2.05, 4.69) is 48.5 Å². The van der Waals surface area contributed by atoms with Gasteiger partial charge in [-0.15, -0.1) is 11.3 Å². The van der Waals surface area contributed by atoms with Gasteiger partial charge < -0.3 is 24.8 Å². The van der Waals surface area contributed by atoms with Crippen molar-refractivity contribution < 1.29 is 14.1 Å². The van der Waals surface area contributed by atoms with Crippen LogP contribution in [0.4, 0.5) is 10.8 Å². The van der Waals surface area contributed by atoms with E-state index in [-0.39, 0.29) is 24.1 Å². The number of anilines is 2. The molecule has 0 aromatic carbocycles. The smallest absolute Gasteiger partial charge is 0.246 e. The van der Waals surface area contributed by atoms with Gasteiger partial charge in [0.05, 0.1) is 11.3 Å². The lowest BCUT2D eigenvalue weighted by Gasteiger charge is -2.44. The van der Waals surface area contributed by atoms with Crippen LogP contribution in [-0.2, 0) is 16.6 Å². The third kappa shape index (κ3) is 5.57. The Hall–Kier alpha value is -3.95. The van der Waals surface area contributed by atoms with Crippen LogP contribution in [0.15, 0.2) is 29.3 Å². The zero-order valence-electron chi connectivity index (χ0n) is 26.7. The Morgan fingerprint density at radius 1 is 1.29 bits per heavy atom. The SMILES string of the molecule is C=CC(=O)N1[C@H](C)CN(c2cc(O[C@@H](C)[C@@H]3CCCN3C)nc(-c3cc([C@@]4(C)CCCc5sc(N)c(C#N)c54)no3)n2)C[C@@H]1C. The summed E-state index contributed by atoms with van der Waals surface area (Å²) in [7, 11) is 2.13. The quantitative estimate of drug-likeness (QED) is 0.364. The molecule has 0 spiro atoms. The molecule has 238 valence electrons. The molecule has 12 heteroatoms. The summed E-state index contributed by atoms with van der Waals surface area (Å²) in [5.74, 6) is 1.90. The Kier molecular flexibility index (Phi) is 8.35. The van der Waals surface area contributed by atoms with Gasteiger partial charge in [-0.3, -0.25) is 9.69 Å². The van der Waals surface area contributed by atoms with Crippen LogP contribution in [0.25, 0.3) is 11.6 Å². The van der Waals surface area contributed by atoms with E-state index in [1.165, 1.54) is 17.4 Å². The first-order chi connectivity index (χ1) is 21.5. The Bertz CT molecular complexity index is 1630. The van der Waals surface area contributed by atoms with Crippen molar-refractivity contribution in [2.45, 2.75) is 89.4 Å². The monoisotopic (exact) mass is 630 g/mol. The van der Waals surface area contributed by atoms with Crippen molar-refractivity contribution >= 4 is 28.1 Å². The number of aromatic nitrogens is 3. The van der Waals surface area contributed by atoms with Gasteiger partial charge in [0, 0.05) is 53.6 Å². The van der Waals surface area contributed by atoms with Gasteiger partial charge in [-0.05, 0) is 85.0 Å². The number of carbonyl (C=O) groups excluding carboxylic acids is 1. The predicted octanol–water partition coefficient (Wildman–Crippen LogP) is 4.76. The number of rotatable bonds is 7. The highest BCUT2D eigenvalue weighted by Gasteiger charge is 2.41. The molecule has 0 radical (unpaired) electrons. The van der Waals surface area contributed by atoms with Gasteiger partial charge in [-0.25, -0.2) is 4.98 Å². The van der Waals surface area contributed by atoms with Crippen LogP contribution in [0.3, 0.4) is 0 Å². The lowest BCUT2D eigenvalue weighted by atomic mass is 9.70. The number of nitrogen functional groups attached to an aromatic ring is 1. The average molecular weight is 631 g/mol. The van der Waals surface area contributed by atoms with Gasteiger partial charge in [0.1, 0.15) is 23.0 Å². The molecule has 0 saturated carbocycles. The van der Waals surface area contributed by atoms with Gasteiger partial charge in [0.2, 0.25) is 23.4 Å². The molecule has 2 aliphatic heterocycles. The van der Waals surface area contributed by atoms with Crippen LogP contribution in [0.2, 0.25) is 0 Å². The number of likely N-dealkylation sites (N-methyl/N-ethyl adjacent to an activating group) is 1. The molecule has 1 aliphatic carbocycles. The number of fused-ring (bicyclic) bond motifs is 1. The molecule has 0 unspecified atom stereocenters.